The summed E-state index contributed by atoms with van der Waals surface area (Å²) < 4.78 is 6.28. The highest BCUT2D eigenvalue weighted by Crippen LogP contribution is 2.34. The lowest BCUT2D eigenvalue weighted by Crippen LogP contribution is -2.27. The van der Waals surface area contributed by atoms with Crippen molar-refractivity contribution in [1.29, 1.82) is 0 Å². The van der Waals surface area contributed by atoms with E-state index in [1.807, 2.05) is 0 Å². The SMILES string of the molecule is CCOC(=O)n1c(C(=O)C(C)(C)C)c(N)c2ccc(Cl)cc21. The Kier molecular flexibility index (Phi) is 4.20. The van der Waals surface area contributed by atoms with E-state index in [1.54, 1.807) is 45.9 Å². The minimum Gasteiger partial charge on any atom is -0.449 e. The molecule has 2 aromatic rings. The maximum Gasteiger partial charge on any atom is 0.419 e. The Bertz CT molecular complexity index is 757. The fourth-order valence-electron chi connectivity index (χ4n) is 2.24. The van der Waals surface area contributed by atoms with Gasteiger partial charge in [-0.25, -0.2) is 9.36 Å². The molecule has 0 amide bonds. The Morgan fingerprint density at radius 2 is 1.95 bits per heavy atom. The molecule has 0 unspecified atom stereocenters. The van der Waals surface area contributed by atoms with E-state index in [2.05, 4.69) is 0 Å². The van der Waals surface area contributed by atoms with E-state index in [0.717, 1.165) is 0 Å². The van der Waals surface area contributed by atoms with Gasteiger partial charge in [-0.3, -0.25) is 4.79 Å². The molecule has 6 heteroatoms. The number of anilines is 1. The van der Waals surface area contributed by atoms with Crippen LogP contribution < -0.4 is 5.73 Å². The van der Waals surface area contributed by atoms with E-state index in [1.165, 1.54) is 4.57 Å². The van der Waals surface area contributed by atoms with Crippen LogP contribution in [0.3, 0.4) is 0 Å². The van der Waals surface area contributed by atoms with Crippen LogP contribution in [0.5, 0.6) is 0 Å². The summed E-state index contributed by atoms with van der Waals surface area (Å²) in [5.74, 6) is -0.231. The molecular formula is C16H19ClN2O3. The van der Waals surface area contributed by atoms with Gasteiger partial charge in [0.05, 0.1) is 17.8 Å². The zero-order chi connectivity index (χ0) is 16.7. The second kappa shape index (κ2) is 5.65. The van der Waals surface area contributed by atoms with Gasteiger partial charge < -0.3 is 10.5 Å². The third kappa shape index (κ3) is 2.68. The molecule has 0 aliphatic rings. The molecule has 1 heterocycles. The second-order valence-corrected chi connectivity index (χ2v) is 6.47. The zero-order valence-corrected chi connectivity index (χ0v) is 13.8. The molecule has 0 atom stereocenters. The maximum atomic E-state index is 12.7. The number of halogens is 1. The second-order valence-electron chi connectivity index (χ2n) is 6.04. The van der Waals surface area contributed by atoms with Crippen molar-refractivity contribution in [2.75, 3.05) is 12.3 Å². The molecule has 2 N–H and O–H groups in total. The summed E-state index contributed by atoms with van der Waals surface area (Å²) in [4.78, 5) is 25.1. The van der Waals surface area contributed by atoms with E-state index in [4.69, 9.17) is 22.1 Å². The van der Waals surface area contributed by atoms with Crippen LogP contribution in [0.2, 0.25) is 5.02 Å². The summed E-state index contributed by atoms with van der Waals surface area (Å²) in [7, 11) is 0. The lowest BCUT2D eigenvalue weighted by atomic mass is 9.88. The Balaban J connectivity index is 2.84. The van der Waals surface area contributed by atoms with Crippen molar-refractivity contribution in [2.24, 2.45) is 5.41 Å². The highest BCUT2D eigenvalue weighted by atomic mass is 35.5. The van der Waals surface area contributed by atoms with Gasteiger partial charge >= 0.3 is 6.09 Å². The predicted molar refractivity (Wildman–Crippen MR) is 87.6 cm³/mol. The number of nitrogens with two attached hydrogens (primary N) is 1. The fraction of sp³-hybridized carbons (Fsp3) is 0.375. The predicted octanol–water partition coefficient (Wildman–Crippen LogP) is 4.11. The number of rotatable bonds is 2. The molecule has 118 valence electrons. The monoisotopic (exact) mass is 322 g/mol. The molecule has 1 aromatic heterocycles. The highest BCUT2D eigenvalue weighted by Gasteiger charge is 2.32. The minimum atomic E-state index is -0.684. The van der Waals surface area contributed by atoms with Gasteiger partial charge in [-0.2, -0.15) is 0 Å². The topological polar surface area (TPSA) is 74.3 Å². The number of Topliss-reactive ketones (excluding diaryl/α,β-unsaturated/α-hetero) is 1. The van der Waals surface area contributed by atoms with Crippen LogP contribution in [0, 0.1) is 5.41 Å². The Hall–Kier alpha value is -2.01. The van der Waals surface area contributed by atoms with Crippen molar-refractivity contribution in [3.05, 3.63) is 28.9 Å². The quantitative estimate of drug-likeness (QED) is 0.844. The number of carbonyl (C=O) groups excluding carboxylic acids is 2. The largest absolute Gasteiger partial charge is 0.449 e. The first kappa shape index (κ1) is 16.4. The Labute approximate surface area is 134 Å². The first-order valence-electron chi connectivity index (χ1n) is 6.99. The van der Waals surface area contributed by atoms with Crippen molar-refractivity contribution in [3.8, 4) is 0 Å². The van der Waals surface area contributed by atoms with Crippen molar-refractivity contribution in [1.82, 2.24) is 4.57 Å². The number of nitrogen functional groups attached to an aromatic ring is 1. The van der Waals surface area contributed by atoms with Crippen LogP contribution in [-0.2, 0) is 4.74 Å². The molecule has 0 saturated carbocycles. The molecule has 0 spiro atoms. The van der Waals surface area contributed by atoms with Crippen LogP contribution in [0.4, 0.5) is 10.5 Å². The fourth-order valence-corrected chi connectivity index (χ4v) is 2.41. The standard InChI is InChI=1S/C16H19ClN2O3/c1-5-22-15(21)19-11-8-9(17)6-7-10(11)12(18)13(19)14(20)16(2,3)4/h6-8H,5,18H2,1-4H3. The average molecular weight is 323 g/mol. The van der Waals surface area contributed by atoms with Crippen LogP contribution >= 0.6 is 11.6 Å². The normalized spacial score (nSPS) is 11.7. The molecule has 1 aromatic carbocycles. The van der Waals surface area contributed by atoms with Gasteiger partial charge in [0.15, 0.2) is 5.78 Å². The van der Waals surface area contributed by atoms with E-state index < -0.39 is 11.5 Å². The molecule has 0 saturated heterocycles. The summed E-state index contributed by atoms with van der Waals surface area (Å²) >= 11 is 6.01. The van der Waals surface area contributed by atoms with E-state index in [9.17, 15) is 9.59 Å². The number of benzene rings is 1. The van der Waals surface area contributed by atoms with Gasteiger partial charge in [0, 0.05) is 15.8 Å². The third-order valence-electron chi connectivity index (χ3n) is 3.32. The molecule has 0 aliphatic carbocycles. The number of carbonyl (C=O) groups is 2. The van der Waals surface area contributed by atoms with Gasteiger partial charge in [0.1, 0.15) is 5.69 Å². The van der Waals surface area contributed by atoms with Gasteiger partial charge in [0.2, 0.25) is 0 Å². The molecule has 0 fully saturated rings. The van der Waals surface area contributed by atoms with Crippen molar-refractivity contribution in [2.45, 2.75) is 27.7 Å². The Morgan fingerprint density at radius 1 is 1.32 bits per heavy atom. The van der Waals surface area contributed by atoms with Gasteiger partial charge in [-0.05, 0) is 25.1 Å². The van der Waals surface area contributed by atoms with E-state index in [-0.39, 0.29) is 23.8 Å². The van der Waals surface area contributed by atoms with Crippen LogP contribution in [0.25, 0.3) is 10.9 Å². The first-order valence-corrected chi connectivity index (χ1v) is 7.37. The Morgan fingerprint density at radius 3 is 2.50 bits per heavy atom. The summed E-state index contributed by atoms with van der Waals surface area (Å²) in [5, 5.41) is 1.05. The van der Waals surface area contributed by atoms with Crippen LogP contribution in [0.1, 0.15) is 38.2 Å². The number of hydrogen-bond acceptors (Lipinski definition) is 4. The summed E-state index contributed by atoms with van der Waals surface area (Å²) in [6.45, 7) is 7.21. The van der Waals surface area contributed by atoms with E-state index in [0.29, 0.717) is 15.9 Å². The van der Waals surface area contributed by atoms with Gasteiger partial charge in [0.25, 0.3) is 0 Å². The highest BCUT2D eigenvalue weighted by molar-refractivity contribution is 6.31. The smallest absolute Gasteiger partial charge is 0.419 e. The molecule has 0 aliphatic heterocycles. The summed E-state index contributed by atoms with van der Waals surface area (Å²) in [6.07, 6.45) is -0.640. The average Bonchev–Trinajstić information content (AvgIpc) is 2.69. The van der Waals surface area contributed by atoms with Gasteiger partial charge in [-0.1, -0.05) is 32.4 Å². The number of ether oxygens (including phenoxy) is 1. The van der Waals surface area contributed by atoms with Crippen molar-refractivity contribution in [3.63, 3.8) is 0 Å². The molecule has 0 radical (unpaired) electrons. The number of ketones is 1. The van der Waals surface area contributed by atoms with Gasteiger partial charge in [-0.15, -0.1) is 0 Å². The van der Waals surface area contributed by atoms with Crippen LogP contribution in [-0.4, -0.2) is 23.1 Å². The van der Waals surface area contributed by atoms with Crippen molar-refractivity contribution >= 4 is 40.1 Å². The number of hydrogen-bond donors (Lipinski definition) is 1. The third-order valence-corrected chi connectivity index (χ3v) is 3.55. The maximum absolute atomic E-state index is 12.7. The van der Waals surface area contributed by atoms with Crippen molar-refractivity contribution < 1.29 is 14.3 Å². The molecule has 22 heavy (non-hydrogen) atoms. The molecule has 0 bridgehead atoms. The zero-order valence-electron chi connectivity index (χ0n) is 13.1. The first-order chi connectivity index (χ1) is 10.2. The van der Waals surface area contributed by atoms with E-state index >= 15 is 0 Å². The number of fused-ring (bicyclic) bond motifs is 1. The number of aromatic nitrogens is 1. The minimum absolute atomic E-state index is 0.142. The summed E-state index contributed by atoms with van der Waals surface area (Å²) in [6, 6.07) is 4.97. The number of nitrogens with zero attached hydrogens (tertiary/aromatic N) is 1. The van der Waals surface area contributed by atoms with Crippen LogP contribution in [0.15, 0.2) is 18.2 Å². The lowest BCUT2D eigenvalue weighted by molar-refractivity contribution is 0.0846. The lowest BCUT2D eigenvalue weighted by Gasteiger charge is -2.18. The molecule has 5 nitrogen and oxygen atoms in total. The molecule has 2 rings (SSSR count). The summed E-state index contributed by atoms with van der Waals surface area (Å²) in [5.41, 5.74) is 6.32. The molecular weight excluding hydrogens is 304 g/mol.